The number of allylic oxidation sites excluding steroid dienone is 15. The fourth-order valence-corrected chi connectivity index (χ4v) is 7.86. The van der Waals surface area contributed by atoms with E-state index in [1.807, 2.05) is 53.9 Å². The van der Waals surface area contributed by atoms with Gasteiger partial charge in [-0.05, 0) is 145 Å². The van der Waals surface area contributed by atoms with E-state index in [9.17, 15) is 4.39 Å². The maximum absolute atomic E-state index is 13.8. The lowest BCUT2D eigenvalue weighted by atomic mass is 9.83. The van der Waals surface area contributed by atoms with Crippen molar-refractivity contribution in [2.75, 3.05) is 28.2 Å². The number of nitrogens with zero attached hydrogens (tertiary/aromatic N) is 4. The molecule has 6 rings (SSSR count). The van der Waals surface area contributed by atoms with Gasteiger partial charge in [-0.1, -0.05) is 114 Å². The minimum atomic E-state index is -0.159. The lowest BCUT2D eigenvalue weighted by Crippen LogP contribution is -2.34. The van der Waals surface area contributed by atoms with Gasteiger partial charge in [-0.25, -0.2) is 4.39 Å². The molecule has 0 saturated heterocycles. The van der Waals surface area contributed by atoms with E-state index in [4.69, 9.17) is 0 Å². The number of hydrogen-bond donors (Lipinski definition) is 0. The summed E-state index contributed by atoms with van der Waals surface area (Å²) in [6.45, 7) is 23.1. The van der Waals surface area contributed by atoms with E-state index < -0.39 is 0 Å². The Bertz CT molecular complexity index is 2110. The van der Waals surface area contributed by atoms with Gasteiger partial charge in [-0.2, -0.15) is 0 Å². The van der Waals surface area contributed by atoms with E-state index in [0.717, 1.165) is 41.9 Å². The monoisotopic (exact) mass is 781 g/mol. The Morgan fingerprint density at radius 3 is 1.84 bits per heavy atom. The molecule has 0 radical (unpaired) electrons. The first-order valence-electron chi connectivity index (χ1n) is 21.2. The van der Waals surface area contributed by atoms with E-state index in [-0.39, 0.29) is 5.82 Å². The van der Waals surface area contributed by atoms with Gasteiger partial charge in [-0.15, -0.1) is 0 Å². The molecule has 3 unspecified atom stereocenters. The third kappa shape index (κ3) is 10.8. The van der Waals surface area contributed by atoms with E-state index in [1.165, 1.54) is 44.8 Å². The number of benzene rings is 2. The van der Waals surface area contributed by atoms with Gasteiger partial charge in [0.05, 0.1) is 6.04 Å². The summed E-state index contributed by atoms with van der Waals surface area (Å²) in [5.74, 6) is 3.15. The zero-order valence-corrected chi connectivity index (χ0v) is 37.7. The quantitative estimate of drug-likeness (QED) is 0.251. The highest BCUT2D eigenvalue weighted by molar-refractivity contribution is 5.79. The molecule has 2 aliphatic carbocycles. The molecular formula is C53H69FN4. The molecule has 2 aromatic carbocycles. The summed E-state index contributed by atoms with van der Waals surface area (Å²) in [6.07, 6.45) is 29.7. The number of aryl methyl sites for hydroxylation is 2. The van der Waals surface area contributed by atoms with Gasteiger partial charge in [0.1, 0.15) is 17.5 Å². The average molecular weight is 781 g/mol. The Hall–Kier alpha value is -5.29. The lowest BCUT2D eigenvalue weighted by Gasteiger charge is -2.36. The highest BCUT2D eigenvalue weighted by Crippen LogP contribution is 2.39. The molecule has 0 saturated carbocycles. The minimum absolute atomic E-state index is 0.159. The van der Waals surface area contributed by atoms with Crippen molar-refractivity contribution in [3.63, 3.8) is 0 Å². The maximum atomic E-state index is 13.8. The molecule has 2 aliphatic heterocycles. The van der Waals surface area contributed by atoms with Gasteiger partial charge in [0.15, 0.2) is 0 Å². The molecule has 58 heavy (non-hydrogen) atoms. The lowest BCUT2D eigenvalue weighted by molar-refractivity contribution is 0.296. The van der Waals surface area contributed by atoms with Crippen LogP contribution in [0.4, 0.5) is 4.39 Å². The average Bonchev–Trinajstić information content (AvgIpc) is 3.21. The molecule has 308 valence electrons. The molecule has 4 nitrogen and oxygen atoms in total. The van der Waals surface area contributed by atoms with Crippen LogP contribution in [0.1, 0.15) is 90.5 Å². The summed E-state index contributed by atoms with van der Waals surface area (Å²) in [6, 6.07) is 14.8. The number of halogens is 1. The zero-order valence-electron chi connectivity index (χ0n) is 37.7. The molecule has 0 aromatic heterocycles. The van der Waals surface area contributed by atoms with Gasteiger partial charge < -0.3 is 19.6 Å². The summed E-state index contributed by atoms with van der Waals surface area (Å²) >= 11 is 0. The summed E-state index contributed by atoms with van der Waals surface area (Å²) < 4.78 is 13.8. The van der Waals surface area contributed by atoms with Crippen LogP contribution in [0, 0.1) is 24.6 Å². The van der Waals surface area contributed by atoms with Crippen LogP contribution in [0.25, 0.3) is 11.1 Å². The third-order valence-corrected chi connectivity index (χ3v) is 10.9. The van der Waals surface area contributed by atoms with Crippen LogP contribution in [0.2, 0.25) is 0 Å². The molecule has 0 amide bonds. The predicted molar refractivity (Wildman–Crippen MR) is 250 cm³/mol. The van der Waals surface area contributed by atoms with E-state index in [0.29, 0.717) is 23.4 Å². The van der Waals surface area contributed by atoms with Crippen molar-refractivity contribution < 1.29 is 4.39 Å². The predicted octanol–water partition coefficient (Wildman–Crippen LogP) is 13.4. The fraction of sp³-hybridized carbons (Fsp3) is 0.358. The molecule has 0 bridgehead atoms. The topological polar surface area (TPSA) is 13.0 Å². The molecule has 2 aromatic rings. The van der Waals surface area contributed by atoms with Crippen LogP contribution in [0.3, 0.4) is 0 Å². The second-order valence-corrected chi connectivity index (χ2v) is 15.8. The molecule has 0 N–H and O–H groups in total. The van der Waals surface area contributed by atoms with E-state index in [2.05, 4.69) is 172 Å². The van der Waals surface area contributed by atoms with E-state index in [1.54, 1.807) is 6.07 Å². The first kappa shape index (κ1) is 45.4. The Labute approximate surface area is 351 Å². The molecule has 5 heteroatoms. The van der Waals surface area contributed by atoms with Crippen LogP contribution >= 0.6 is 0 Å². The van der Waals surface area contributed by atoms with Gasteiger partial charge in [0.25, 0.3) is 0 Å². The Morgan fingerprint density at radius 2 is 1.31 bits per heavy atom. The van der Waals surface area contributed by atoms with Crippen LogP contribution in [-0.2, 0) is 6.42 Å². The standard InChI is InChI=1S/C26H34N2.C25H29FN2.C2H6/c1-7-21-10-9-11-22(17-21)25-16-19(3)12-15-24(25)23-14-13-20(4)28(18-23)26(8-2)27(5)6;1-7-25(27(5)6)28-16-21(10-9-19(28)4)22-12-8-17(2)14-23(22)20-11-13-24(26)18(3)15-20;1-2/h8-15,17-20H,7,16H2,1-6H3;7-13,15-17H,4,14H2,1-3,5-6H3;1-2H3/b26-8-;25-7-;. The van der Waals surface area contributed by atoms with Gasteiger partial charge >= 0.3 is 0 Å². The highest BCUT2D eigenvalue weighted by atomic mass is 19.1. The van der Waals surface area contributed by atoms with Crippen molar-refractivity contribution in [1.29, 1.82) is 0 Å². The highest BCUT2D eigenvalue weighted by Gasteiger charge is 2.24. The smallest absolute Gasteiger partial charge is 0.126 e. The third-order valence-electron chi connectivity index (χ3n) is 10.9. The summed E-state index contributed by atoms with van der Waals surface area (Å²) in [5, 5.41) is 0. The van der Waals surface area contributed by atoms with Gasteiger partial charge in [-0.3, -0.25) is 0 Å². The van der Waals surface area contributed by atoms with Crippen molar-refractivity contribution in [1.82, 2.24) is 19.6 Å². The molecule has 3 atom stereocenters. The van der Waals surface area contributed by atoms with Crippen molar-refractivity contribution in [3.05, 3.63) is 190 Å². The second-order valence-electron chi connectivity index (χ2n) is 15.8. The van der Waals surface area contributed by atoms with Crippen molar-refractivity contribution in [2.24, 2.45) is 11.8 Å². The van der Waals surface area contributed by atoms with Crippen LogP contribution in [-0.4, -0.2) is 53.8 Å². The van der Waals surface area contributed by atoms with Crippen LogP contribution < -0.4 is 0 Å². The summed E-state index contributed by atoms with van der Waals surface area (Å²) in [7, 11) is 8.28. The van der Waals surface area contributed by atoms with Crippen LogP contribution in [0.5, 0.6) is 0 Å². The normalized spacial score (nSPS) is 20.7. The first-order chi connectivity index (χ1) is 27.8. The molecule has 0 fully saturated rings. The number of rotatable bonds is 9. The zero-order chi connectivity index (χ0) is 42.7. The number of hydrogen-bond acceptors (Lipinski definition) is 4. The first-order valence-corrected chi connectivity index (χ1v) is 21.2. The Kier molecular flexibility index (Phi) is 16.4. The second kappa shape index (κ2) is 20.9. The summed E-state index contributed by atoms with van der Waals surface area (Å²) in [5.41, 5.74) is 13.2. The molecule has 0 spiro atoms. The van der Waals surface area contributed by atoms with Crippen molar-refractivity contribution in [3.8, 4) is 0 Å². The molecular weight excluding hydrogens is 712 g/mol. The Morgan fingerprint density at radius 1 is 0.741 bits per heavy atom. The minimum Gasteiger partial charge on any atom is -0.364 e. The maximum Gasteiger partial charge on any atom is 0.126 e. The van der Waals surface area contributed by atoms with Crippen LogP contribution in [0.15, 0.2) is 162 Å². The van der Waals surface area contributed by atoms with Crippen molar-refractivity contribution in [2.45, 2.75) is 87.6 Å². The largest absolute Gasteiger partial charge is 0.364 e. The van der Waals surface area contributed by atoms with Gasteiger partial charge in [0, 0.05) is 46.3 Å². The summed E-state index contributed by atoms with van der Waals surface area (Å²) in [4.78, 5) is 8.74. The Balaban J connectivity index is 0.000000246. The fourth-order valence-electron chi connectivity index (χ4n) is 7.86. The van der Waals surface area contributed by atoms with E-state index >= 15 is 0 Å². The molecule has 4 aliphatic rings. The van der Waals surface area contributed by atoms with Crippen molar-refractivity contribution >= 4 is 11.1 Å². The van der Waals surface area contributed by atoms with Gasteiger partial charge in [0.2, 0.25) is 0 Å². The SMILES string of the molecule is C/C=C(/N(C)C)N1C=C(C2=C(c3cccc(CC)c3)CC(C)C=C2)C=CC1C.C=C1C=CC(C2=C(c3ccc(F)c(C)c3)CC(C)C=C2)=CN1/C(=C\C)N(C)C.CC. The molecule has 2 heterocycles.